The molecule has 0 atom stereocenters. The second-order valence-corrected chi connectivity index (χ2v) is 5.99. The molecule has 0 aromatic heterocycles. The molecule has 0 unspecified atom stereocenters. The van der Waals surface area contributed by atoms with E-state index in [1.807, 2.05) is 12.1 Å². The molecule has 0 saturated carbocycles. The van der Waals surface area contributed by atoms with E-state index in [4.69, 9.17) is 4.74 Å². The molecule has 1 saturated heterocycles. The van der Waals surface area contributed by atoms with Crippen molar-refractivity contribution in [1.29, 1.82) is 0 Å². The Kier molecular flexibility index (Phi) is 10.8. The lowest BCUT2D eigenvalue weighted by atomic mass is 10.2. The largest absolute Gasteiger partial charge is 0.492 e. The number of guanidine groups is 1. The molecular formula is C18H31IN4O. The zero-order chi connectivity index (χ0) is 16.3. The first-order chi connectivity index (χ1) is 11.3. The minimum atomic E-state index is 0. The maximum Gasteiger partial charge on any atom is 0.191 e. The summed E-state index contributed by atoms with van der Waals surface area (Å²) in [6.07, 6.45) is 3.87. The molecule has 0 spiro atoms. The number of aliphatic imine (C=N–C) groups is 1. The molecule has 2 rings (SSSR count). The summed E-state index contributed by atoms with van der Waals surface area (Å²) in [5, 5.41) is 6.64. The zero-order valence-corrected chi connectivity index (χ0v) is 17.2. The minimum absolute atomic E-state index is 0. The van der Waals surface area contributed by atoms with E-state index >= 15 is 0 Å². The second kappa shape index (κ2) is 12.4. The Hall–Kier alpha value is -1.02. The minimum Gasteiger partial charge on any atom is -0.492 e. The fraction of sp³-hybridized carbons (Fsp3) is 0.611. The number of hydrogen-bond donors (Lipinski definition) is 2. The fourth-order valence-corrected chi connectivity index (χ4v) is 2.71. The molecule has 0 radical (unpaired) electrons. The van der Waals surface area contributed by atoms with Crippen LogP contribution in [0.1, 0.15) is 24.8 Å². The first-order valence-corrected chi connectivity index (χ1v) is 8.64. The second-order valence-electron chi connectivity index (χ2n) is 5.99. The van der Waals surface area contributed by atoms with Crippen LogP contribution in [0, 0.1) is 6.92 Å². The van der Waals surface area contributed by atoms with Gasteiger partial charge in [0, 0.05) is 13.6 Å². The molecule has 136 valence electrons. The van der Waals surface area contributed by atoms with Gasteiger partial charge in [0.2, 0.25) is 0 Å². The van der Waals surface area contributed by atoms with E-state index < -0.39 is 0 Å². The summed E-state index contributed by atoms with van der Waals surface area (Å²) in [5.41, 5.74) is 1.24. The number of hydrogen-bond acceptors (Lipinski definition) is 3. The maximum absolute atomic E-state index is 5.70. The molecule has 2 N–H and O–H groups in total. The van der Waals surface area contributed by atoms with E-state index in [9.17, 15) is 0 Å². The molecule has 1 aliphatic heterocycles. The third-order valence-corrected chi connectivity index (χ3v) is 4.05. The Morgan fingerprint density at radius 1 is 1.12 bits per heavy atom. The summed E-state index contributed by atoms with van der Waals surface area (Å²) >= 11 is 0. The van der Waals surface area contributed by atoms with Gasteiger partial charge in [-0.05, 0) is 58.0 Å². The number of aryl methyl sites for hydroxylation is 1. The summed E-state index contributed by atoms with van der Waals surface area (Å²) in [5.74, 6) is 1.75. The summed E-state index contributed by atoms with van der Waals surface area (Å²) in [6, 6.07) is 8.12. The van der Waals surface area contributed by atoms with E-state index in [2.05, 4.69) is 39.6 Å². The van der Waals surface area contributed by atoms with Crippen LogP contribution in [0.3, 0.4) is 0 Å². The quantitative estimate of drug-likeness (QED) is 0.279. The van der Waals surface area contributed by atoms with Crippen molar-refractivity contribution >= 4 is 29.9 Å². The lowest BCUT2D eigenvalue weighted by Crippen LogP contribution is -2.40. The highest BCUT2D eigenvalue weighted by Crippen LogP contribution is 2.10. The van der Waals surface area contributed by atoms with Gasteiger partial charge >= 0.3 is 0 Å². The third-order valence-electron chi connectivity index (χ3n) is 4.05. The number of likely N-dealkylation sites (tertiary alicyclic amines) is 1. The average molecular weight is 446 g/mol. The summed E-state index contributed by atoms with van der Waals surface area (Å²) < 4.78 is 5.70. The van der Waals surface area contributed by atoms with Gasteiger partial charge in [-0.15, -0.1) is 24.0 Å². The maximum atomic E-state index is 5.70. The van der Waals surface area contributed by atoms with E-state index in [0.29, 0.717) is 6.61 Å². The molecule has 0 bridgehead atoms. The molecular weight excluding hydrogens is 415 g/mol. The lowest BCUT2D eigenvalue weighted by molar-refractivity contribution is 0.321. The third kappa shape index (κ3) is 8.19. The number of nitrogens with one attached hydrogen (secondary N) is 2. The Bertz CT molecular complexity index is 472. The van der Waals surface area contributed by atoms with Crippen LogP contribution in [0.4, 0.5) is 0 Å². The van der Waals surface area contributed by atoms with Crippen LogP contribution in [-0.2, 0) is 0 Å². The van der Waals surface area contributed by atoms with E-state index in [1.54, 1.807) is 7.05 Å². The van der Waals surface area contributed by atoms with Crippen LogP contribution in [0.2, 0.25) is 0 Å². The highest BCUT2D eigenvalue weighted by Gasteiger charge is 2.10. The van der Waals surface area contributed by atoms with Gasteiger partial charge in [0.15, 0.2) is 5.96 Å². The smallest absolute Gasteiger partial charge is 0.191 e. The van der Waals surface area contributed by atoms with Crippen molar-refractivity contribution in [2.75, 3.05) is 46.4 Å². The van der Waals surface area contributed by atoms with Gasteiger partial charge in [-0.1, -0.05) is 17.7 Å². The Labute approximate surface area is 163 Å². The van der Waals surface area contributed by atoms with E-state index in [1.165, 1.54) is 38.0 Å². The van der Waals surface area contributed by atoms with Gasteiger partial charge in [-0.25, -0.2) is 0 Å². The van der Waals surface area contributed by atoms with Crippen LogP contribution in [0.5, 0.6) is 5.75 Å². The molecule has 0 amide bonds. The molecule has 1 aromatic rings. The number of nitrogens with zero attached hydrogens (tertiary/aromatic N) is 2. The van der Waals surface area contributed by atoms with Gasteiger partial charge in [0.05, 0.1) is 6.54 Å². The van der Waals surface area contributed by atoms with Crippen molar-refractivity contribution in [3.8, 4) is 5.75 Å². The van der Waals surface area contributed by atoms with Crippen molar-refractivity contribution in [2.45, 2.75) is 26.2 Å². The van der Waals surface area contributed by atoms with Crippen molar-refractivity contribution in [1.82, 2.24) is 15.5 Å². The summed E-state index contributed by atoms with van der Waals surface area (Å²) in [7, 11) is 1.80. The van der Waals surface area contributed by atoms with E-state index in [0.717, 1.165) is 31.2 Å². The molecule has 1 fully saturated rings. The van der Waals surface area contributed by atoms with Gasteiger partial charge in [-0.2, -0.15) is 0 Å². The first kappa shape index (κ1) is 21.0. The fourth-order valence-electron chi connectivity index (χ4n) is 2.71. The Morgan fingerprint density at radius 2 is 1.79 bits per heavy atom. The molecule has 24 heavy (non-hydrogen) atoms. The Balaban J connectivity index is 0.00000288. The first-order valence-electron chi connectivity index (χ1n) is 8.64. The molecule has 1 aliphatic rings. The number of ether oxygens (including phenoxy) is 1. The zero-order valence-electron chi connectivity index (χ0n) is 14.9. The molecule has 1 heterocycles. The monoisotopic (exact) mass is 446 g/mol. The SMILES string of the molecule is CN=C(NCCCN1CCCC1)NCCOc1ccc(C)cc1.I. The van der Waals surface area contributed by atoms with Crippen molar-refractivity contribution < 1.29 is 4.74 Å². The number of halogens is 1. The van der Waals surface area contributed by atoms with Crippen LogP contribution in [0.15, 0.2) is 29.3 Å². The standard InChI is InChI=1S/C18H30N4O.HI/c1-16-6-8-17(9-7-16)23-15-11-21-18(19-2)20-10-5-14-22-12-3-4-13-22;/h6-9H,3-5,10-15H2,1-2H3,(H2,19,20,21);1H. The molecule has 1 aromatic carbocycles. The summed E-state index contributed by atoms with van der Waals surface area (Å²) in [6.45, 7) is 8.10. The van der Waals surface area contributed by atoms with Crippen LogP contribution >= 0.6 is 24.0 Å². The highest BCUT2D eigenvalue weighted by molar-refractivity contribution is 14.0. The van der Waals surface area contributed by atoms with Crippen molar-refractivity contribution in [2.24, 2.45) is 4.99 Å². The van der Waals surface area contributed by atoms with Gasteiger partial charge in [0.25, 0.3) is 0 Å². The predicted octanol–water partition coefficient (Wildman–Crippen LogP) is 2.64. The van der Waals surface area contributed by atoms with Gasteiger partial charge < -0.3 is 20.3 Å². The highest BCUT2D eigenvalue weighted by atomic mass is 127. The topological polar surface area (TPSA) is 48.9 Å². The molecule has 0 aliphatic carbocycles. The molecule has 5 nitrogen and oxygen atoms in total. The van der Waals surface area contributed by atoms with Crippen LogP contribution in [-0.4, -0.2) is 57.2 Å². The summed E-state index contributed by atoms with van der Waals surface area (Å²) in [4.78, 5) is 6.77. The van der Waals surface area contributed by atoms with Crippen molar-refractivity contribution in [3.63, 3.8) is 0 Å². The number of rotatable bonds is 8. The van der Waals surface area contributed by atoms with Crippen molar-refractivity contribution in [3.05, 3.63) is 29.8 Å². The van der Waals surface area contributed by atoms with Crippen LogP contribution in [0.25, 0.3) is 0 Å². The van der Waals surface area contributed by atoms with Gasteiger partial charge in [0.1, 0.15) is 12.4 Å². The Morgan fingerprint density at radius 3 is 2.46 bits per heavy atom. The van der Waals surface area contributed by atoms with Gasteiger partial charge in [-0.3, -0.25) is 4.99 Å². The predicted molar refractivity (Wildman–Crippen MR) is 112 cm³/mol. The molecule has 6 heteroatoms. The normalized spacial score (nSPS) is 15.0. The average Bonchev–Trinajstić information content (AvgIpc) is 3.08. The lowest BCUT2D eigenvalue weighted by Gasteiger charge is -2.16. The number of benzene rings is 1. The van der Waals surface area contributed by atoms with E-state index in [-0.39, 0.29) is 24.0 Å². The van der Waals surface area contributed by atoms with Crippen LogP contribution < -0.4 is 15.4 Å².